The maximum absolute atomic E-state index is 13.5. The number of nitrogens with one attached hydrogen (secondary N) is 2. The molecule has 0 aliphatic carbocycles. The number of piperidine rings is 1. The molecule has 18 heavy (non-hydrogen) atoms. The molecule has 1 aromatic rings. The number of hydrogen-bond acceptors (Lipinski definition) is 1. The Labute approximate surface area is 114 Å². The van der Waals surface area contributed by atoms with Crippen molar-refractivity contribution in [2.24, 2.45) is 0 Å². The van der Waals surface area contributed by atoms with Crippen LogP contribution in [-0.4, -0.2) is 25.5 Å². The number of quaternary nitrogens is 1. The molecule has 3 nitrogen and oxygen atoms in total. The second-order valence-corrected chi connectivity index (χ2v) is 5.58. The number of carbonyl (C=O) groups excluding carboxylic acids is 1. The van der Waals surface area contributed by atoms with Crippen molar-refractivity contribution >= 4 is 27.5 Å². The molecule has 5 heteroatoms. The van der Waals surface area contributed by atoms with Gasteiger partial charge in [0.05, 0.1) is 18.8 Å². The SMILES string of the molecule is O=C(C[NH+]1CCCCC1)Nc1ccc(Br)cc1F. The van der Waals surface area contributed by atoms with Gasteiger partial charge in [0.2, 0.25) is 0 Å². The van der Waals surface area contributed by atoms with Crippen molar-refractivity contribution in [2.75, 3.05) is 25.0 Å². The van der Waals surface area contributed by atoms with Crippen LogP contribution in [0.15, 0.2) is 22.7 Å². The van der Waals surface area contributed by atoms with Gasteiger partial charge in [-0.1, -0.05) is 15.9 Å². The summed E-state index contributed by atoms with van der Waals surface area (Å²) in [5.74, 6) is -0.528. The zero-order valence-corrected chi connectivity index (χ0v) is 11.7. The van der Waals surface area contributed by atoms with E-state index in [4.69, 9.17) is 0 Å². The Morgan fingerprint density at radius 3 is 2.72 bits per heavy atom. The van der Waals surface area contributed by atoms with Crippen LogP contribution in [0, 0.1) is 5.82 Å². The number of likely N-dealkylation sites (tertiary alicyclic amines) is 1. The average Bonchev–Trinajstić information content (AvgIpc) is 2.34. The third-order valence-electron chi connectivity index (χ3n) is 3.18. The van der Waals surface area contributed by atoms with Crippen LogP contribution in [0.1, 0.15) is 19.3 Å². The van der Waals surface area contributed by atoms with E-state index in [1.165, 1.54) is 30.2 Å². The van der Waals surface area contributed by atoms with Crippen LogP contribution < -0.4 is 10.2 Å². The number of carbonyl (C=O) groups is 1. The van der Waals surface area contributed by atoms with Gasteiger partial charge in [-0.05, 0) is 37.5 Å². The van der Waals surface area contributed by atoms with E-state index in [2.05, 4.69) is 21.2 Å². The van der Waals surface area contributed by atoms with Gasteiger partial charge in [-0.15, -0.1) is 0 Å². The molecule has 0 saturated carbocycles. The largest absolute Gasteiger partial charge is 0.327 e. The Bertz CT molecular complexity index is 433. The first-order valence-electron chi connectivity index (χ1n) is 6.23. The lowest BCUT2D eigenvalue weighted by Gasteiger charge is -2.22. The summed E-state index contributed by atoms with van der Waals surface area (Å²) in [5, 5.41) is 2.63. The predicted octanol–water partition coefficient (Wildman–Crippen LogP) is 1.60. The van der Waals surface area contributed by atoms with Crippen molar-refractivity contribution in [3.63, 3.8) is 0 Å². The topological polar surface area (TPSA) is 33.5 Å². The molecule has 0 atom stereocenters. The molecule has 1 aliphatic heterocycles. The van der Waals surface area contributed by atoms with Crippen molar-refractivity contribution in [3.05, 3.63) is 28.5 Å². The van der Waals surface area contributed by atoms with E-state index in [1.54, 1.807) is 12.1 Å². The Kier molecular flexibility index (Phi) is 4.72. The van der Waals surface area contributed by atoms with Crippen LogP contribution in [0.2, 0.25) is 0 Å². The Hall–Kier alpha value is -0.940. The maximum atomic E-state index is 13.5. The van der Waals surface area contributed by atoms with E-state index in [1.807, 2.05) is 0 Å². The second kappa shape index (κ2) is 6.29. The summed E-state index contributed by atoms with van der Waals surface area (Å²) in [6, 6.07) is 4.64. The molecule has 1 heterocycles. The molecule has 0 unspecified atom stereocenters. The van der Waals surface area contributed by atoms with E-state index in [0.717, 1.165) is 13.1 Å². The van der Waals surface area contributed by atoms with E-state index in [-0.39, 0.29) is 11.6 Å². The van der Waals surface area contributed by atoms with Gasteiger partial charge in [0, 0.05) is 4.47 Å². The summed E-state index contributed by atoms with van der Waals surface area (Å²) >= 11 is 3.19. The third-order valence-corrected chi connectivity index (χ3v) is 3.67. The fourth-order valence-corrected chi connectivity index (χ4v) is 2.57. The first-order chi connectivity index (χ1) is 8.65. The molecule has 0 spiro atoms. The van der Waals surface area contributed by atoms with Crippen LogP contribution in [0.25, 0.3) is 0 Å². The van der Waals surface area contributed by atoms with Gasteiger partial charge < -0.3 is 10.2 Å². The lowest BCUT2D eigenvalue weighted by atomic mass is 10.1. The quantitative estimate of drug-likeness (QED) is 0.872. The van der Waals surface area contributed by atoms with E-state index in [0.29, 0.717) is 11.0 Å². The van der Waals surface area contributed by atoms with Crippen molar-refractivity contribution < 1.29 is 14.1 Å². The van der Waals surface area contributed by atoms with Crippen LogP contribution >= 0.6 is 15.9 Å². The zero-order chi connectivity index (χ0) is 13.0. The molecule has 1 saturated heterocycles. The number of hydrogen-bond donors (Lipinski definition) is 2. The molecule has 1 amide bonds. The first kappa shape index (κ1) is 13.5. The highest BCUT2D eigenvalue weighted by Crippen LogP contribution is 2.18. The molecule has 0 radical (unpaired) electrons. The van der Waals surface area contributed by atoms with Gasteiger partial charge in [0.15, 0.2) is 6.54 Å². The summed E-state index contributed by atoms with van der Waals surface area (Å²) in [5.41, 5.74) is 0.250. The Morgan fingerprint density at radius 2 is 2.06 bits per heavy atom. The molecule has 1 aliphatic rings. The summed E-state index contributed by atoms with van der Waals surface area (Å²) in [6.07, 6.45) is 3.61. The lowest BCUT2D eigenvalue weighted by molar-refractivity contribution is -0.896. The van der Waals surface area contributed by atoms with Crippen molar-refractivity contribution in [2.45, 2.75) is 19.3 Å². The predicted molar refractivity (Wildman–Crippen MR) is 72.1 cm³/mol. The highest BCUT2D eigenvalue weighted by Gasteiger charge is 2.18. The highest BCUT2D eigenvalue weighted by molar-refractivity contribution is 9.10. The highest BCUT2D eigenvalue weighted by atomic mass is 79.9. The van der Waals surface area contributed by atoms with E-state index in [9.17, 15) is 9.18 Å². The van der Waals surface area contributed by atoms with Gasteiger partial charge in [-0.25, -0.2) is 4.39 Å². The number of anilines is 1. The zero-order valence-electron chi connectivity index (χ0n) is 10.1. The minimum Gasteiger partial charge on any atom is -0.327 e. The molecule has 2 rings (SSSR count). The van der Waals surface area contributed by atoms with Gasteiger partial charge in [-0.3, -0.25) is 4.79 Å². The molecule has 0 aromatic heterocycles. The Morgan fingerprint density at radius 1 is 1.33 bits per heavy atom. The fraction of sp³-hybridized carbons (Fsp3) is 0.462. The van der Waals surface area contributed by atoms with Gasteiger partial charge >= 0.3 is 0 Å². The van der Waals surface area contributed by atoms with Gasteiger partial charge in [0.25, 0.3) is 5.91 Å². The maximum Gasteiger partial charge on any atom is 0.279 e. The molecule has 2 N–H and O–H groups in total. The third kappa shape index (κ3) is 3.78. The second-order valence-electron chi connectivity index (χ2n) is 4.66. The molecular weight excluding hydrogens is 299 g/mol. The summed E-state index contributed by atoms with van der Waals surface area (Å²) in [4.78, 5) is 13.1. The van der Waals surface area contributed by atoms with Crippen LogP contribution in [0.4, 0.5) is 10.1 Å². The summed E-state index contributed by atoms with van der Waals surface area (Å²) in [7, 11) is 0. The van der Waals surface area contributed by atoms with Crippen LogP contribution in [0.5, 0.6) is 0 Å². The minimum atomic E-state index is -0.411. The molecule has 1 fully saturated rings. The van der Waals surface area contributed by atoms with Crippen molar-refractivity contribution in [3.8, 4) is 0 Å². The monoisotopic (exact) mass is 315 g/mol. The van der Waals surface area contributed by atoms with E-state index >= 15 is 0 Å². The number of amides is 1. The average molecular weight is 316 g/mol. The first-order valence-corrected chi connectivity index (χ1v) is 7.03. The molecule has 98 valence electrons. The fourth-order valence-electron chi connectivity index (χ4n) is 2.24. The molecule has 0 bridgehead atoms. The number of rotatable bonds is 3. The lowest BCUT2D eigenvalue weighted by Crippen LogP contribution is -3.13. The van der Waals surface area contributed by atoms with Crippen molar-refractivity contribution in [1.29, 1.82) is 0 Å². The van der Waals surface area contributed by atoms with Gasteiger partial charge in [-0.2, -0.15) is 0 Å². The summed E-state index contributed by atoms with van der Waals surface area (Å²) < 4.78 is 14.2. The Balaban J connectivity index is 1.90. The smallest absolute Gasteiger partial charge is 0.279 e. The standard InChI is InChI=1S/C13H16BrFN2O/c14-10-4-5-12(11(15)8-10)16-13(18)9-17-6-2-1-3-7-17/h4-5,8H,1-3,6-7,9H2,(H,16,18)/p+1. The van der Waals surface area contributed by atoms with Crippen molar-refractivity contribution in [1.82, 2.24) is 0 Å². The molecule has 1 aromatic carbocycles. The molecular formula is C13H17BrFN2O+. The summed E-state index contributed by atoms with van der Waals surface area (Å²) in [6.45, 7) is 2.50. The normalized spacial score (nSPS) is 16.6. The van der Waals surface area contributed by atoms with Crippen LogP contribution in [0.3, 0.4) is 0 Å². The van der Waals surface area contributed by atoms with Crippen LogP contribution in [-0.2, 0) is 4.79 Å². The number of halogens is 2. The van der Waals surface area contributed by atoms with Gasteiger partial charge in [0.1, 0.15) is 5.82 Å². The minimum absolute atomic E-state index is 0.117. The number of benzene rings is 1. The van der Waals surface area contributed by atoms with E-state index < -0.39 is 5.82 Å².